The molecule has 0 aromatic carbocycles. The quantitative estimate of drug-likeness (QED) is 0.0711. The van der Waals surface area contributed by atoms with Crippen LogP contribution in [0.5, 0.6) is 0 Å². The monoisotopic (exact) mass is 744 g/mol. The number of rotatable bonds is 45. The van der Waals surface area contributed by atoms with Gasteiger partial charge in [0.25, 0.3) is 0 Å². The minimum atomic E-state index is -0.863. The average molecular weight is 745 g/mol. The molecule has 0 radical (unpaired) electrons. The molecular weight excluding hydrogens is 676 g/mol. The molecule has 0 aliphatic heterocycles. The summed E-state index contributed by atoms with van der Waals surface area (Å²) in [5, 5.41) is 8.55. The van der Waals surface area contributed by atoms with E-state index in [-0.39, 0.29) is 32.0 Å². The smallest absolute Gasteiger partial charge is 0.305 e. The van der Waals surface area contributed by atoms with E-state index in [9.17, 15) is 9.59 Å². The molecule has 0 heterocycles. The second kappa shape index (κ2) is 44.6. The second-order valence-electron chi connectivity index (χ2n) is 10.9. The van der Waals surface area contributed by atoms with Crippen molar-refractivity contribution < 1.29 is 76.3 Å². The number of unbranched alkanes of at least 4 members (excludes halogenated alkanes) is 3. The highest BCUT2D eigenvalue weighted by Gasteiger charge is 2.04. The fourth-order valence-corrected chi connectivity index (χ4v) is 3.81. The number of carbonyl (C=O) groups is 2. The first-order valence-electron chi connectivity index (χ1n) is 18.5. The summed E-state index contributed by atoms with van der Waals surface area (Å²) in [6.07, 6.45) is 4.76. The van der Waals surface area contributed by atoms with Crippen LogP contribution in [-0.4, -0.2) is 182 Å². The van der Waals surface area contributed by atoms with E-state index >= 15 is 0 Å². The van der Waals surface area contributed by atoms with E-state index in [1.54, 1.807) is 0 Å². The number of esters is 1. The zero-order valence-electron chi connectivity index (χ0n) is 31.2. The van der Waals surface area contributed by atoms with Gasteiger partial charge in [0, 0.05) is 19.4 Å². The van der Waals surface area contributed by atoms with E-state index in [2.05, 4.69) is 6.92 Å². The topological polar surface area (TPSA) is 174 Å². The molecule has 0 saturated heterocycles. The largest absolute Gasteiger partial charge is 0.481 e. The number of hydrogen-bond acceptors (Lipinski definition) is 15. The maximum absolute atomic E-state index is 11.5. The third-order valence-corrected chi connectivity index (χ3v) is 6.50. The summed E-state index contributed by atoms with van der Waals surface area (Å²) < 4.78 is 70.5. The van der Waals surface area contributed by atoms with Gasteiger partial charge in [-0.2, -0.15) is 0 Å². The number of aliphatic carboxylic acids is 1. The molecule has 0 aromatic rings. The number of carboxylic acids is 1. The van der Waals surface area contributed by atoms with Crippen LogP contribution in [0.25, 0.3) is 0 Å². The van der Waals surface area contributed by atoms with Crippen molar-refractivity contribution in [1.29, 1.82) is 0 Å². The van der Waals surface area contributed by atoms with Crippen LogP contribution in [0, 0.1) is 0 Å². The summed E-state index contributed by atoms with van der Waals surface area (Å²) in [6.45, 7) is 14.4. The average Bonchev–Trinajstić information content (AvgIpc) is 3.12. The van der Waals surface area contributed by atoms with E-state index in [0.717, 1.165) is 13.0 Å². The number of ether oxygens (including phenoxy) is 13. The van der Waals surface area contributed by atoms with Crippen molar-refractivity contribution in [3.05, 3.63) is 0 Å². The Morgan fingerprint density at radius 2 is 0.588 bits per heavy atom. The van der Waals surface area contributed by atoms with Gasteiger partial charge < -0.3 is 66.7 Å². The SMILES string of the molecule is CCCCCOCCOCCOCCOCCOCCOCCOCCOCCOCCOCCOCCOCCOC(=O)CCCCC(=O)O. The highest BCUT2D eigenvalue weighted by molar-refractivity contribution is 5.69. The van der Waals surface area contributed by atoms with Crippen molar-refractivity contribution in [3.63, 3.8) is 0 Å². The molecule has 16 heteroatoms. The van der Waals surface area contributed by atoms with Crippen molar-refractivity contribution in [2.45, 2.75) is 51.9 Å². The maximum atomic E-state index is 11.5. The Labute approximate surface area is 305 Å². The molecule has 0 fully saturated rings. The van der Waals surface area contributed by atoms with Crippen LogP contribution in [-0.2, 0) is 71.2 Å². The molecule has 51 heavy (non-hydrogen) atoms. The Morgan fingerprint density at radius 3 is 0.863 bits per heavy atom. The Morgan fingerprint density at radius 1 is 0.333 bits per heavy atom. The first-order chi connectivity index (χ1) is 25.2. The summed E-state index contributed by atoms with van der Waals surface area (Å²) >= 11 is 0. The van der Waals surface area contributed by atoms with Crippen molar-refractivity contribution in [2.24, 2.45) is 0 Å². The molecule has 16 nitrogen and oxygen atoms in total. The summed E-state index contributed by atoms with van der Waals surface area (Å²) in [7, 11) is 0. The molecule has 1 N–H and O–H groups in total. The normalized spacial score (nSPS) is 11.4. The van der Waals surface area contributed by atoms with Crippen LogP contribution in [0.2, 0.25) is 0 Å². The predicted molar refractivity (Wildman–Crippen MR) is 186 cm³/mol. The van der Waals surface area contributed by atoms with E-state index in [1.165, 1.54) is 12.8 Å². The van der Waals surface area contributed by atoms with Crippen molar-refractivity contribution in [2.75, 3.05) is 165 Å². The number of hydrogen-bond donors (Lipinski definition) is 1. The molecule has 304 valence electrons. The lowest BCUT2D eigenvalue weighted by atomic mass is 10.2. The summed E-state index contributed by atoms with van der Waals surface area (Å²) in [4.78, 5) is 21.9. The highest BCUT2D eigenvalue weighted by atomic mass is 16.6. The van der Waals surface area contributed by atoms with E-state index in [1.807, 2.05) is 0 Å². The highest BCUT2D eigenvalue weighted by Crippen LogP contribution is 2.01. The van der Waals surface area contributed by atoms with Crippen LogP contribution >= 0.6 is 0 Å². The number of carbonyl (C=O) groups excluding carboxylic acids is 1. The van der Waals surface area contributed by atoms with E-state index in [4.69, 9.17) is 66.7 Å². The van der Waals surface area contributed by atoms with E-state index < -0.39 is 5.97 Å². The molecule has 0 unspecified atom stereocenters. The standard InChI is InChI=1S/C35H68O16/c1-2-3-6-9-39-10-11-40-12-13-41-14-15-42-16-17-43-18-19-44-20-21-45-22-23-46-24-25-47-26-27-48-28-29-49-30-31-50-32-33-51-35(38)8-5-4-7-34(36)37/h2-33H2,1H3,(H,36,37). The zero-order valence-corrected chi connectivity index (χ0v) is 31.2. The maximum Gasteiger partial charge on any atom is 0.305 e. The molecule has 0 aromatic heterocycles. The molecular formula is C35H68O16. The lowest BCUT2D eigenvalue weighted by molar-refractivity contribution is -0.146. The van der Waals surface area contributed by atoms with Crippen LogP contribution in [0.4, 0.5) is 0 Å². The molecule has 0 rings (SSSR count). The van der Waals surface area contributed by atoms with Crippen LogP contribution in [0.1, 0.15) is 51.9 Å². The van der Waals surface area contributed by atoms with Gasteiger partial charge in [-0.1, -0.05) is 19.8 Å². The fourth-order valence-electron chi connectivity index (χ4n) is 3.81. The molecule has 0 atom stereocenters. The third kappa shape index (κ3) is 46.4. The van der Waals surface area contributed by atoms with Gasteiger partial charge in [0.05, 0.1) is 152 Å². The molecule has 0 saturated carbocycles. The van der Waals surface area contributed by atoms with E-state index in [0.29, 0.717) is 158 Å². The summed E-state index contributed by atoms with van der Waals surface area (Å²) in [6, 6.07) is 0. The lowest BCUT2D eigenvalue weighted by Gasteiger charge is -2.09. The van der Waals surface area contributed by atoms with Crippen molar-refractivity contribution in [3.8, 4) is 0 Å². The number of carboxylic acid groups (broad SMARTS) is 1. The fraction of sp³-hybridized carbons (Fsp3) is 0.943. The van der Waals surface area contributed by atoms with Gasteiger partial charge >= 0.3 is 11.9 Å². The first-order valence-corrected chi connectivity index (χ1v) is 18.5. The minimum absolute atomic E-state index is 0.0596. The third-order valence-electron chi connectivity index (χ3n) is 6.50. The van der Waals surface area contributed by atoms with Gasteiger partial charge in [-0.15, -0.1) is 0 Å². The molecule has 0 amide bonds. The predicted octanol–water partition coefficient (Wildman–Crippen LogP) is 2.56. The summed E-state index contributed by atoms with van der Waals surface area (Å²) in [5.74, 6) is -1.21. The second-order valence-corrected chi connectivity index (χ2v) is 10.9. The van der Waals surface area contributed by atoms with Crippen molar-refractivity contribution in [1.82, 2.24) is 0 Å². The van der Waals surface area contributed by atoms with Crippen molar-refractivity contribution >= 4 is 11.9 Å². The van der Waals surface area contributed by atoms with Crippen LogP contribution < -0.4 is 0 Å². The molecule has 0 spiro atoms. The molecule has 0 aliphatic carbocycles. The van der Waals surface area contributed by atoms with Gasteiger partial charge in [-0.3, -0.25) is 9.59 Å². The lowest BCUT2D eigenvalue weighted by Crippen LogP contribution is -2.15. The molecule has 0 aliphatic rings. The Kier molecular flexibility index (Phi) is 43.3. The summed E-state index contributed by atoms with van der Waals surface area (Å²) in [5.41, 5.74) is 0. The van der Waals surface area contributed by atoms with Gasteiger partial charge in [-0.25, -0.2) is 0 Å². The Bertz CT molecular complexity index is 703. The minimum Gasteiger partial charge on any atom is -0.481 e. The Hall–Kier alpha value is -1.54. The van der Waals surface area contributed by atoms with Crippen LogP contribution in [0.15, 0.2) is 0 Å². The van der Waals surface area contributed by atoms with Gasteiger partial charge in [0.1, 0.15) is 6.61 Å². The van der Waals surface area contributed by atoms with Crippen LogP contribution in [0.3, 0.4) is 0 Å². The first kappa shape index (κ1) is 49.5. The Balaban J connectivity index is 3.09. The zero-order chi connectivity index (χ0) is 37.0. The molecule has 0 bridgehead atoms. The van der Waals surface area contributed by atoms with Gasteiger partial charge in [0.2, 0.25) is 0 Å². The van der Waals surface area contributed by atoms with Gasteiger partial charge in [-0.05, 0) is 19.3 Å². The van der Waals surface area contributed by atoms with Gasteiger partial charge in [0.15, 0.2) is 0 Å².